The van der Waals surface area contributed by atoms with Gasteiger partial charge >= 0.3 is 12.2 Å². The Bertz CT molecular complexity index is 1700. The van der Waals surface area contributed by atoms with Gasteiger partial charge < -0.3 is 15.0 Å². The first-order valence-electron chi connectivity index (χ1n) is 13.4. The maximum atomic E-state index is 13.6. The quantitative estimate of drug-likeness (QED) is 0.215. The molecule has 1 N–H and O–H groups in total. The minimum Gasteiger partial charge on any atom is -0.489 e. The van der Waals surface area contributed by atoms with Gasteiger partial charge in [0, 0.05) is 11.4 Å². The first-order chi connectivity index (χ1) is 20.5. The number of nitriles is 1. The second kappa shape index (κ2) is 11.5. The number of rotatable bonds is 8. The van der Waals surface area contributed by atoms with E-state index in [1.807, 2.05) is 66.7 Å². The van der Waals surface area contributed by atoms with Crippen molar-refractivity contribution in [2.45, 2.75) is 38.7 Å². The van der Waals surface area contributed by atoms with Gasteiger partial charge in [0.2, 0.25) is 0 Å². The smallest absolute Gasteiger partial charge is 0.417 e. The second-order valence-electron chi connectivity index (χ2n) is 10.5. The number of nitrogens with one attached hydrogen (secondary N) is 1. The highest BCUT2D eigenvalue weighted by Crippen LogP contribution is 2.39. The van der Waals surface area contributed by atoms with E-state index in [0.29, 0.717) is 29.7 Å². The number of carbonyl (C=O) groups excluding carboxylic acids is 2. The van der Waals surface area contributed by atoms with Crippen molar-refractivity contribution in [3.05, 3.63) is 119 Å². The third-order valence-electron chi connectivity index (χ3n) is 7.24. The van der Waals surface area contributed by atoms with E-state index in [9.17, 15) is 22.8 Å². The van der Waals surface area contributed by atoms with Gasteiger partial charge in [-0.15, -0.1) is 0 Å². The molecule has 218 valence electrons. The van der Waals surface area contributed by atoms with Gasteiger partial charge in [-0.1, -0.05) is 48.5 Å². The molecule has 43 heavy (non-hydrogen) atoms. The summed E-state index contributed by atoms with van der Waals surface area (Å²) in [5.41, 5.74) is -0.215. The van der Waals surface area contributed by atoms with Crippen LogP contribution in [0.15, 0.2) is 97.1 Å². The van der Waals surface area contributed by atoms with E-state index in [1.165, 1.54) is 17.0 Å². The largest absolute Gasteiger partial charge is 0.489 e. The summed E-state index contributed by atoms with van der Waals surface area (Å²) in [7, 11) is 0. The first-order valence-corrected chi connectivity index (χ1v) is 13.4. The molecule has 0 radical (unpaired) electrons. The summed E-state index contributed by atoms with van der Waals surface area (Å²) < 4.78 is 46.7. The molecular formula is C33H27F3N4O3. The van der Waals surface area contributed by atoms with Gasteiger partial charge in [0.25, 0.3) is 5.91 Å². The number of benzene rings is 4. The Morgan fingerprint density at radius 1 is 0.907 bits per heavy atom. The van der Waals surface area contributed by atoms with Gasteiger partial charge in [-0.25, -0.2) is 9.69 Å². The topological polar surface area (TPSA) is 85.7 Å². The maximum absolute atomic E-state index is 13.6. The number of halogens is 3. The lowest BCUT2D eigenvalue weighted by Crippen LogP contribution is -2.43. The molecule has 1 fully saturated rings. The lowest BCUT2D eigenvalue weighted by Gasteiger charge is -2.28. The number of nitrogens with zero attached hydrogens (tertiary/aromatic N) is 3. The van der Waals surface area contributed by atoms with Gasteiger partial charge in [-0.3, -0.25) is 4.79 Å². The van der Waals surface area contributed by atoms with Crippen LogP contribution in [0.5, 0.6) is 5.75 Å². The summed E-state index contributed by atoms with van der Waals surface area (Å²) in [5, 5.41) is 12.5. The van der Waals surface area contributed by atoms with E-state index in [4.69, 9.17) is 10.00 Å². The standard InChI is InChI=1S/C33H27F3N4O3/c1-32(2)30(41)40(26-15-12-23(19-37)28(18-26)33(34,35)36)31(42)39(32)20-24-10-6-7-11-29(24)38-25-13-16-27(17-14-25)43-21-22-8-4-3-5-9-22/h3-18,38H,20-21H2,1-2H3. The summed E-state index contributed by atoms with van der Waals surface area (Å²) in [6.07, 6.45) is -4.83. The van der Waals surface area contributed by atoms with Crippen LogP contribution in [0, 0.1) is 11.3 Å². The van der Waals surface area contributed by atoms with Crippen molar-refractivity contribution in [3.8, 4) is 11.8 Å². The van der Waals surface area contributed by atoms with E-state index in [1.54, 1.807) is 26.0 Å². The van der Waals surface area contributed by atoms with Gasteiger partial charge in [0.15, 0.2) is 0 Å². The van der Waals surface area contributed by atoms with Crippen molar-refractivity contribution >= 4 is 29.0 Å². The van der Waals surface area contributed by atoms with Crippen molar-refractivity contribution in [2.75, 3.05) is 10.2 Å². The molecule has 0 aliphatic carbocycles. The number of hydrogen-bond donors (Lipinski definition) is 1. The minimum absolute atomic E-state index is 0.0118. The molecule has 0 atom stereocenters. The van der Waals surface area contributed by atoms with E-state index in [0.717, 1.165) is 22.2 Å². The molecule has 1 heterocycles. The van der Waals surface area contributed by atoms with Crippen molar-refractivity contribution in [1.29, 1.82) is 5.26 Å². The maximum Gasteiger partial charge on any atom is 0.417 e. The van der Waals surface area contributed by atoms with Crippen molar-refractivity contribution in [1.82, 2.24) is 4.90 Å². The molecule has 0 saturated carbocycles. The van der Waals surface area contributed by atoms with Crippen LogP contribution in [-0.4, -0.2) is 22.4 Å². The van der Waals surface area contributed by atoms with E-state index >= 15 is 0 Å². The molecule has 4 aromatic rings. The molecule has 0 spiro atoms. The van der Waals surface area contributed by atoms with Crippen LogP contribution in [0.4, 0.5) is 35.0 Å². The summed E-state index contributed by atoms with van der Waals surface area (Å²) >= 11 is 0. The van der Waals surface area contributed by atoms with Crippen LogP contribution in [-0.2, 0) is 24.1 Å². The summed E-state index contributed by atoms with van der Waals surface area (Å²) in [5.74, 6) is 0.0223. The lowest BCUT2D eigenvalue weighted by atomic mass is 10.0. The Morgan fingerprint density at radius 2 is 1.58 bits per heavy atom. The molecule has 7 nitrogen and oxygen atoms in total. The van der Waals surface area contributed by atoms with Gasteiger partial charge in [0.05, 0.1) is 29.4 Å². The number of amides is 3. The van der Waals surface area contributed by atoms with Crippen LogP contribution in [0.1, 0.15) is 36.1 Å². The molecule has 5 rings (SSSR count). The number of urea groups is 1. The van der Waals surface area contributed by atoms with Gasteiger partial charge in [0.1, 0.15) is 17.9 Å². The van der Waals surface area contributed by atoms with Crippen LogP contribution in [0.2, 0.25) is 0 Å². The van der Waals surface area contributed by atoms with E-state index in [-0.39, 0.29) is 12.2 Å². The fourth-order valence-corrected chi connectivity index (χ4v) is 4.81. The molecule has 1 aliphatic rings. The van der Waals surface area contributed by atoms with Crippen LogP contribution < -0.4 is 15.0 Å². The normalized spacial score (nSPS) is 14.5. The SMILES string of the molecule is CC1(C)C(=O)N(c2ccc(C#N)c(C(F)(F)F)c2)C(=O)N1Cc1ccccc1Nc1ccc(OCc2ccccc2)cc1. The molecule has 3 amide bonds. The molecular weight excluding hydrogens is 557 g/mol. The number of imide groups is 1. The monoisotopic (exact) mass is 584 g/mol. The zero-order valence-corrected chi connectivity index (χ0v) is 23.4. The molecule has 10 heteroatoms. The highest BCUT2D eigenvalue weighted by molar-refractivity contribution is 6.23. The van der Waals surface area contributed by atoms with Crippen LogP contribution in [0.25, 0.3) is 0 Å². The predicted octanol–water partition coefficient (Wildman–Crippen LogP) is 7.65. The number of alkyl halides is 3. The fourth-order valence-electron chi connectivity index (χ4n) is 4.81. The minimum atomic E-state index is -4.83. The van der Waals surface area contributed by atoms with Crippen molar-refractivity contribution in [3.63, 3.8) is 0 Å². The highest BCUT2D eigenvalue weighted by atomic mass is 19.4. The zero-order chi connectivity index (χ0) is 30.8. The molecule has 0 bridgehead atoms. The highest BCUT2D eigenvalue weighted by Gasteiger charge is 2.52. The summed E-state index contributed by atoms with van der Waals surface area (Å²) in [4.78, 5) is 29.0. The number of anilines is 3. The molecule has 1 saturated heterocycles. The molecule has 4 aromatic carbocycles. The van der Waals surface area contributed by atoms with Gasteiger partial charge in [-0.05, 0) is 73.5 Å². The van der Waals surface area contributed by atoms with Crippen LogP contribution >= 0.6 is 0 Å². The third-order valence-corrected chi connectivity index (χ3v) is 7.24. The summed E-state index contributed by atoms with van der Waals surface area (Å²) in [6.45, 7) is 3.54. The van der Waals surface area contributed by atoms with E-state index in [2.05, 4.69) is 5.32 Å². The second-order valence-corrected chi connectivity index (χ2v) is 10.5. The predicted molar refractivity (Wildman–Crippen MR) is 156 cm³/mol. The number of para-hydroxylation sites is 1. The number of ether oxygens (including phenoxy) is 1. The van der Waals surface area contributed by atoms with Crippen molar-refractivity contribution < 1.29 is 27.5 Å². The molecule has 0 aromatic heterocycles. The Hall–Kier alpha value is -5.30. The lowest BCUT2D eigenvalue weighted by molar-refractivity contribution is -0.137. The summed E-state index contributed by atoms with van der Waals surface area (Å²) in [6, 6.07) is 28.0. The first kappa shape index (κ1) is 29.2. The number of hydrogen-bond acceptors (Lipinski definition) is 5. The zero-order valence-electron chi connectivity index (χ0n) is 23.4. The Labute approximate surface area is 246 Å². The average molecular weight is 585 g/mol. The van der Waals surface area contributed by atoms with E-state index < -0.39 is 34.8 Å². The molecule has 1 aliphatic heterocycles. The fraction of sp³-hybridized carbons (Fsp3) is 0.182. The number of carbonyl (C=O) groups is 2. The van der Waals surface area contributed by atoms with Crippen LogP contribution in [0.3, 0.4) is 0 Å². The Balaban J connectivity index is 1.35. The average Bonchev–Trinajstić information content (AvgIpc) is 3.16. The third kappa shape index (κ3) is 6.02. The molecule has 0 unspecified atom stereocenters. The van der Waals surface area contributed by atoms with Gasteiger partial charge in [-0.2, -0.15) is 18.4 Å². The van der Waals surface area contributed by atoms with Crippen molar-refractivity contribution in [2.24, 2.45) is 0 Å². The Morgan fingerprint density at radius 3 is 2.26 bits per heavy atom. The Kier molecular flexibility index (Phi) is 7.83.